The second kappa shape index (κ2) is 5.96. The molecule has 0 bridgehead atoms. The predicted molar refractivity (Wildman–Crippen MR) is 88.4 cm³/mol. The van der Waals surface area contributed by atoms with E-state index in [-0.39, 0.29) is 5.56 Å². The van der Waals surface area contributed by atoms with Gasteiger partial charge in [-0.05, 0) is 12.1 Å². The predicted octanol–water partition coefficient (Wildman–Crippen LogP) is 1.17. The Labute approximate surface area is 149 Å². The summed E-state index contributed by atoms with van der Waals surface area (Å²) < 4.78 is 40.1. The smallest absolute Gasteiger partial charge is 0.446 e. The number of rotatable bonds is 3. The summed E-state index contributed by atoms with van der Waals surface area (Å²) in [4.78, 5) is 12.5. The molecule has 0 unspecified atom stereocenters. The highest BCUT2D eigenvalue weighted by Crippen LogP contribution is 2.42. The average molecular weight is 398 g/mol. The molecule has 1 aromatic heterocycles. The zero-order chi connectivity index (χ0) is 20.1. The Morgan fingerprint density at radius 1 is 0.889 bits per heavy atom. The van der Waals surface area contributed by atoms with Gasteiger partial charge in [-0.3, -0.25) is 9.35 Å². The molecule has 3 aromatic rings. The number of hydrogen-bond donors (Lipinski definition) is 6. The highest BCUT2D eigenvalue weighted by molar-refractivity contribution is 7.81. The monoisotopic (exact) mass is 398 g/mol. The quantitative estimate of drug-likeness (QED) is 0.274. The van der Waals surface area contributed by atoms with Gasteiger partial charge in [-0.1, -0.05) is 0 Å². The molecule has 0 saturated carbocycles. The van der Waals surface area contributed by atoms with Crippen molar-refractivity contribution in [3.63, 3.8) is 0 Å². The highest BCUT2D eigenvalue weighted by Gasteiger charge is 2.23. The van der Waals surface area contributed by atoms with E-state index in [4.69, 9.17) is 8.97 Å². The van der Waals surface area contributed by atoms with Gasteiger partial charge in [0.1, 0.15) is 16.7 Å². The van der Waals surface area contributed by atoms with Crippen LogP contribution >= 0.6 is 0 Å². The lowest BCUT2D eigenvalue weighted by Crippen LogP contribution is -2.10. The Bertz CT molecular complexity index is 1220. The molecule has 142 valence electrons. The van der Waals surface area contributed by atoms with Crippen LogP contribution in [0.3, 0.4) is 0 Å². The molecule has 0 radical (unpaired) electrons. The van der Waals surface area contributed by atoms with E-state index >= 15 is 0 Å². The number of aromatic hydroxyl groups is 5. The van der Waals surface area contributed by atoms with Crippen LogP contribution in [0.5, 0.6) is 34.5 Å². The fraction of sp³-hybridized carbons (Fsp3) is 0. The summed E-state index contributed by atoms with van der Waals surface area (Å²) in [6.07, 6.45) is 0. The molecular formula is C15H10O11S. The molecule has 0 saturated heterocycles. The summed E-state index contributed by atoms with van der Waals surface area (Å²) in [7, 11) is -5.06. The topological polar surface area (TPSA) is 195 Å². The van der Waals surface area contributed by atoms with E-state index in [9.17, 15) is 38.7 Å². The maximum Gasteiger partial charge on any atom is 0.446 e. The summed E-state index contributed by atoms with van der Waals surface area (Å²) in [5.41, 5.74) is -1.87. The molecule has 6 N–H and O–H groups in total. The summed E-state index contributed by atoms with van der Waals surface area (Å²) in [6, 6.07) is 3.34. The number of phenolic OH excluding ortho intramolecular Hbond substituents is 4. The zero-order valence-electron chi connectivity index (χ0n) is 12.9. The molecule has 0 aliphatic heterocycles. The van der Waals surface area contributed by atoms with Crippen molar-refractivity contribution in [1.29, 1.82) is 0 Å². The summed E-state index contributed by atoms with van der Waals surface area (Å²) in [5.74, 6) is -5.43. The lowest BCUT2D eigenvalue weighted by Gasteiger charge is -2.10. The van der Waals surface area contributed by atoms with Crippen molar-refractivity contribution >= 4 is 21.4 Å². The Morgan fingerprint density at radius 2 is 1.48 bits per heavy atom. The van der Waals surface area contributed by atoms with Gasteiger partial charge in [0, 0.05) is 17.7 Å². The van der Waals surface area contributed by atoms with Crippen LogP contribution in [-0.4, -0.2) is 38.5 Å². The molecule has 0 spiro atoms. The van der Waals surface area contributed by atoms with Crippen LogP contribution in [0.4, 0.5) is 0 Å². The maximum absolute atomic E-state index is 12.5. The molecule has 0 atom stereocenters. The van der Waals surface area contributed by atoms with Gasteiger partial charge in [0.25, 0.3) is 0 Å². The van der Waals surface area contributed by atoms with Crippen molar-refractivity contribution in [3.05, 3.63) is 34.5 Å². The fourth-order valence-corrected chi connectivity index (χ4v) is 2.73. The minimum atomic E-state index is -5.06. The third kappa shape index (κ3) is 3.26. The first-order valence-electron chi connectivity index (χ1n) is 6.93. The molecule has 2 aromatic carbocycles. The standard InChI is InChI=1S/C15H10O11S/c16-6-3-9-11(10(4-6)26-27(22,23)24)13(20)14(21)15(25-9)5-1-7(17)12(19)8(18)2-5/h1-4,16-19,21H,(H,22,23,24). The van der Waals surface area contributed by atoms with Crippen LogP contribution in [0.15, 0.2) is 33.5 Å². The first-order valence-corrected chi connectivity index (χ1v) is 8.29. The summed E-state index contributed by atoms with van der Waals surface area (Å²) >= 11 is 0. The lowest BCUT2D eigenvalue weighted by molar-refractivity contribution is 0.368. The molecule has 0 aliphatic rings. The number of hydrogen-bond acceptors (Lipinski definition) is 10. The second-order valence-electron chi connectivity index (χ2n) is 5.30. The van der Waals surface area contributed by atoms with Crippen LogP contribution in [0.1, 0.15) is 0 Å². The molecule has 27 heavy (non-hydrogen) atoms. The van der Waals surface area contributed by atoms with Gasteiger partial charge in [0.15, 0.2) is 28.8 Å². The normalized spacial score (nSPS) is 11.6. The molecule has 3 rings (SSSR count). The average Bonchev–Trinajstić information content (AvgIpc) is 2.53. The molecule has 0 amide bonds. The first-order chi connectivity index (χ1) is 12.5. The number of phenols is 4. The van der Waals surface area contributed by atoms with Crippen molar-refractivity contribution in [2.45, 2.75) is 0 Å². The second-order valence-corrected chi connectivity index (χ2v) is 6.32. The van der Waals surface area contributed by atoms with Crippen molar-refractivity contribution in [3.8, 4) is 45.8 Å². The number of benzene rings is 2. The third-order valence-electron chi connectivity index (χ3n) is 3.45. The Hall–Kier alpha value is -3.64. The van der Waals surface area contributed by atoms with E-state index in [2.05, 4.69) is 4.18 Å². The Kier molecular flexibility index (Phi) is 4.01. The van der Waals surface area contributed by atoms with E-state index < -0.39 is 67.1 Å². The van der Waals surface area contributed by atoms with Gasteiger partial charge in [0.2, 0.25) is 11.2 Å². The van der Waals surface area contributed by atoms with Crippen molar-refractivity contribution in [2.75, 3.05) is 0 Å². The van der Waals surface area contributed by atoms with Gasteiger partial charge in [-0.15, -0.1) is 0 Å². The fourth-order valence-electron chi connectivity index (χ4n) is 2.37. The third-order valence-corrected chi connectivity index (χ3v) is 3.84. The van der Waals surface area contributed by atoms with Gasteiger partial charge >= 0.3 is 10.4 Å². The Balaban J connectivity index is 2.36. The molecular weight excluding hydrogens is 388 g/mol. The minimum absolute atomic E-state index is 0.222. The molecule has 0 fully saturated rings. The molecule has 0 aliphatic carbocycles. The Morgan fingerprint density at radius 3 is 2.04 bits per heavy atom. The van der Waals surface area contributed by atoms with Gasteiger partial charge in [-0.2, -0.15) is 8.42 Å². The van der Waals surface area contributed by atoms with Crippen LogP contribution in [0, 0.1) is 0 Å². The molecule has 11 nitrogen and oxygen atoms in total. The zero-order valence-corrected chi connectivity index (χ0v) is 13.8. The SMILES string of the molecule is O=c1c(O)c(-c2cc(O)c(O)c(O)c2)oc2cc(O)cc(OS(=O)(=O)O)c12. The molecule has 1 heterocycles. The van der Waals surface area contributed by atoms with Crippen molar-refractivity contribution in [1.82, 2.24) is 0 Å². The first kappa shape index (κ1) is 18.2. The highest BCUT2D eigenvalue weighted by atomic mass is 32.3. The number of fused-ring (bicyclic) bond motifs is 1. The van der Waals surface area contributed by atoms with E-state index in [1.807, 2.05) is 0 Å². The van der Waals surface area contributed by atoms with Gasteiger partial charge < -0.3 is 34.1 Å². The van der Waals surface area contributed by atoms with Gasteiger partial charge in [0.05, 0.1) is 0 Å². The lowest BCUT2D eigenvalue weighted by atomic mass is 10.1. The summed E-state index contributed by atoms with van der Waals surface area (Å²) in [5, 5.41) is 47.7. The summed E-state index contributed by atoms with van der Waals surface area (Å²) in [6.45, 7) is 0. The van der Waals surface area contributed by atoms with Crippen LogP contribution in [0.25, 0.3) is 22.3 Å². The van der Waals surface area contributed by atoms with E-state index in [1.165, 1.54) is 0 Å². The van der Waals surface area contributed by atoms with Gasteiger partial charge in [-0.25, -0.2) is 0 Å². The van der Waals surface area contributed by atoms with Crippen LogP contribution in [0.2, 0.25) is 0 Å². The molecule has 12 heteroatoms. The largest absolute Gasteiger partial charge is 0.508 e. The minimum Gasteiger partial charge on any atom is -0.508 e. The van der Waals surface area contributed by atoms with Crippen molar-refractivity contribution < 1.29 is 47.1 Å². The van der Waals surface area contributed by atoms with Crippen molar-refractivity contribution in [2.24, 2.45) is 0 Å². The maximum atomic E-state index is 12.5. The van der Waals surface area contributed by atoms with E-state index in [1.54, 1.807) is 0 Å². The van der Waals surface area contributed by atoms with E-state index in [0.717, 1.165) is 18.2 Å². The van der Waals surface area contributed by atoms with Crippen LogP contribution < -0.4 is 9.61 Å². The van der Waals surface area contributed by atoms with E-state index in [0.29, 0.717) is 6.07 Å². The van der Waals surface area contributed by atoms with Crippen LogP contribution in [-0.2, 0) is 10.4 Å².